The van der Waals surface area contributed by atoms with Crippen molar-refractivity contribution < 1.29 is 29.0 Å². The molecule has 0 radical (unpaired) electrons. The Morgan fingerprint density at radius 2 is 2.19 bits per heavy atom. The Kier molecular flexibility index (Phi) is 5.13. The van der Waals surface area contributed by atoms with E-state index in [1.807, 2.05) is 13.0 Å². The Balaban J connectivity index is 1.73. The number of hydrogen-bond donors (Lipinski definition) is 2. The van der Waals surface area contributed by atoms with E-state index >= 15 is 0 Å². The molecule has 2 aliphatic heterocycles. The smallest absolute Gasteiger partial charge is 0.331 e. The Morgan fingerprint density at radius 3 is 2.85 bits per heavy atom. The molecule has 8 heteroatoms. The maximum absolute atomic E-state index is 12.6. The first kappa shape index (κ1) is 18.2. The van der Waals surface area contributed by atoms with Gasteiger partial charge in [0.2, 0.25) is 11.8 Å². The van der Waals surface area contributed by atoms with Gasteiger partial charge in [0.25, 0.3) is 0 Å². The molecule has 0 aromatic heterocycles. The molecule has 2 fully saturated rings. The Bertz CT molecular complexity index is 713. The van der Waals surface area contributed by atoms with E-state index < -0.39 is 23.3 Å². The maximum Gasteiger partial charge on any atom is 0.331 e. The largest absolute Gasteiger partial charge is 0.492 e. The first-order valence-electron chi connectivity index (χ1n) is 8.62. The van der Waals surface area contributed by atoms with Crippen molar-refractivity contribution in [2.45, 2.75) is 25.3 Å². The quantitative estimate of drug-likeness (QED) is 0.775. The lowest BCUT2D eigenvalue weighted by molar-refractivity contribution is -0.148. The van der Waals surface area contributed by atoms with E-state index in [4.69, 9.17) is 9.47 Å². The molecule has 2 unspecified atom stereocenters. The number of carboxylic acids is 1. The van der Waals surface area contributed by atoms with Gasteiger partial charge in [-0.25, -0.2) is 4.79 Å². The van der Waals surface area contributed by atoms with Crippen LogP contribution in [0.2, 0.25) is 0 Å². The SMILES string of the molecule is CCOc1ccccc1N1CC(C(=O)NC2(C(=O)O)CCOC2)CC1=O. The molecule has 8 nitrogen and oxygen atoms in total. The predicted molar refractivity (Wildman–Crippen MR) is 92.0 cm³/mol. The molecule has 1 aromatic carbocycles. The molecule has 0 saturated carbocycles. The number of carbonyl (C=O) groups excluding carboxylic acids is 2. The average molecular weight is 362 g/mol. The highest BCUT2D eigenvalue weighted by molar-refractivity contribution is 6.02. The zero-order valence-electron chi connectivity index (χ0n) is 14.6. The lowest BCUT2D eigenvalue weighted by atomic mass is 9.97. The highest BCUT2D eigenvalue weighted by Gasteiger charge is 2.46. The molecule has 140 valence electrons. The molecule has 2 saturated heterocycles. The molecule has 3 rings (SSSR count). The van der Waals surface area contributed by atoms with E-state index in [0.717, 1.165) is 0 Å². The minimum atomic E-state index is -1.41. The molecule has 0 spiro atoms. The van der Waals surface area contributed by atoms with Crippen LogP contribution in [0.15, 0.2) is 24.3 Å². The number of hydrogen-bond acceptors (Lipinski definition) is 5. The lowest BCUT2D eigenvalue weighted by Gasteiger charge is -2.25. The number of benzene rings is 1. The molecular weight excluding hydrogens is 340 g/mol. The molecule has 0 aliphatic carbocycles. The summed E-state index contributed by atoms with van der Waals surface area (Å²) >= 11 is 0. The monoisotopic (exact) mass is 362 g/mol. The normalized spacial score (nSPS) is 25.3. The van der Waals surface area contributed by atoms with Gasteiger partial charge in [0.15, 0.2) is 5.54 Å². The van der Waals surface area contributed by atoms with Crippen LogP contribution in [0.25, 0.3) is 0 Å². The van der Waals surface area contributed by atoms with E-state index in [1.165, 1.54) is 4.90 Å². The molecule has 26 heavy (non-hydrogen) atoms. The summed E-state index contributed by atoms with van der Waals surface area (Å²) < 4.78 is 10.7. The molecule has 2 atom stereocenters. The van der Waals surface area contributed by atoms with Crippen LogP contribution in [0, 0.1) is 5.92 Å². The number of amides is 2. The van der Waals surface area contributed by atoms with Crippen molar-refractivity contribution in [3.63, 3.8) is 0 Å². The lowest BCUT2D eigenvalue weighted by Crippen LogP contribution is -2.56. The summed E-state index contributed by atoms with van der Waals surface area (Å²) in [4.78, 5) is 38.1. The third kappa shape index (κ3) is 3.37. The summed E-state index contributed by atoms with van der Waals surface area (Å²) in [6.45, 7) is 2.72. The van der Waals surface area contributed by atoms with E-state index in [1.54, 1.807) is 18.2 Å². The maximum atomic E-state index is 12.6. The van der Waals surface area contributed by atoms with Gasteiger partial charge in [0, 0.05) is 26.0 Å². The summed E-state index contributed by atoms with van der Waals surface area (Å²) in [5.74, 6) is -1.79. The molecule has 2 N–H and O–H groups in total. The number of anilines is 1. The van der Waals surface area contributed by atoms with E-state index in [9.17, 15) is 19.5 Å². The topological polar surface area (TPSA) is 105 Å². The number of aliphatic carboxylic acids is 1. The van der Waals surface area contributed by atoms with Gasteiger partial charge in [0.1, 0.15) is 5.75 Å². The van der Waals surface area contributed by atoms with Crippen LogP contribution in [0.5, 0.6) is 5.75 Å². The summed E-state index contributed by atoms with van der Waals surface area (Å²) in [5.41, 5.74) is -0.789. The number of carboxylic acid groups (broad SMARTS) is 1. The van der Waals surface area contributed by atoms with Crippen LogP contribution in [0.4, 0.5) is 5.69 Å². The van der Waals surface area contributed by atoms with Crippen molar-refractivity contribution in [3.05, 3.63) is 24.3 Å². The van der Waals surface area contributed by atoms with Crippen molar-refractivity contribution >= 4 is 23.5 Å². The number of ether oxygens (including phenoxy) is 2. The zero-order chi connectivity index (χ0) is 18.7. The van der Waals surface area contributed by atoms with Gasteiger partial charge in [-0.15, -0.1) is 0 Å². The van der Waals surface area contributed by atoms with Crippen LogP contribution >= 0.6 is 0 Å². The molecule has 0 bridgehead atoms. The van der Waals surface area contributed by atoms with Crippen LogP contribution in [0.1, 0.15) is 19.8 Å². The number of rotatable bonds is 6. The van der Waals surface area contributed by atoms with E-state index in [-0.39, 0.29) is 38.5 Å². The van der Waals surface area contributed by atoms with Crippen molar-refractivity contribution in [2.24, 2.45) is 5.92 Å². The second-order valence-corrected chi connectivity index (χ2v) is 6.49. The van der Waals surface area contributed by atoms with Crippen LogP contribution in [0.3, 0.4) is 0 Å². The third-order valence-corrected chi connectivity index (χ3v) is 4.75. The van der Waals surface area contributed by atoms with E-state index in [2.05, 4.69) is 5.32 Å². The van der Waals surface area contributed by atoms with Gasteiger partial charge in [-0.1, -0.05) is 12.1 Å². The second-order valence-electron chi connectivity index (χ2n) is 6.49. The number of para-hydroxylation sites is 2. The highest BCUT2D eigenvalue weighted by Crippen LogP contribution is 2.33. The summed E-state index contributed by atoms with van der Waals surface area (Å²) in [6.07, 6.45) is 0.245. The van der Waals surface area contributed by atoms with Crippen molar-refractivity contribution in [1.82, 2.24) is 5.32 Å². The number of nitrogens with zero attached hydrogens (tertiary/aromatic N) is 1. The minimum absolute atomic E-state index is 0.0306. The first-order chi connectivity index (χ1) is 12.5. The second kappa shape index (κ2) is 7.33. The van der Waals surface area contributed by atoms with E-state index in [0.29, 0.717) is 18.0 Å². The highest BCUT2D eigenvalue weighted by atomic mass is 16.5. The Hall–Kier alpha value is -2.61. The van der Waals surface area contributed by atoms with Gasteiger partial charge in [-0.2, -0.15) is 0 Å². The zero-order valence-corrected chi connectivity index (χ0v) is 14.6. The predicted octanol–water partition coefficient (Wildman–Crippen LogP) is 0.798. The molecular formula is C18H22N2O6. The fraction of sp³-hybridized carbons (Fsp3) is 0.500. The van der Waals surface area contributed by atoms with Gasteiger partial charge in [0.05, 0.1) is 24.8 Å². The first-order valence-corrected chi connectivity index (χ1v) is 8.62. The van der Waals surface area contributed by atoms with Crippen molar-refractivity contribution in [1.29, 1.82) is 0 Å². The summed E-state index contributed by atoms with van der Waals surface area (Å²) in [7, 11) is 0. The molecule has 2 amide bonds. The fourth-order valence-electron chi connectivity index (χ4n) is 3.30. The number of nitrogens with one attached hydrogen (secondary N) is 1. The van der Waals surface area contributed by atoms with Crippen LogP contribution < -0.4 is 15.0 Å². The van der Waals surface area contributed by atoms with Crippen LogP contribution in [-0.2, 0) is 19.1 Å². The fourth-order valence-corrected chi connectivity index (χ4v) is 3.30. The van der Waals surface area contributed by atoms with Gasteiger partial charge in [-0.3, -0.25) is 9.59 Å². The van der Waals surface area contributed by atoms with Crippen molar-refractivity contribution in [3.8, 4) is 5.75 Å². The Morgan fingerprint density at radius 1 is 1.42 bits per heavy atom. The molecule has 1 aromatic rings. The molecule has 2 aliphatic rings. The minimum Gasteiger partial charge on any atom is -0.492 e. The van der Waals surface area contributed by atoms with Gasteiger partial charge in [-0.05, 0) is 19.1 Å². The Labute approximate surface area is 151 Å². The van der Waals surface area contributed by atoms with Gasteiger partial charge >= 0.3 is 5.97 Å². The van der Waals surface area contributed by atoms with Gasteiger partial charge < -0.3 is 24.8 Å². The molecule has 2 heterocycles. The third-order valence-electron chi connectivity index (χ3n) is 4.75. The summed E-state index contributed by atoms with van der Waals surface area (Å²) in [5, 5.41) is 12.0. The summed E-state index contributed by atoms with van der Waals surface area (Å²) in [6, 6.07) is 7.16. The van der Waals surface area contributed by atoms with Crippen LogP contribution in [-0.4, -0.2) is 54.8 Å². The standard InChI is InChI=1S/C18H22N2O6/c1-2-26-14-6-4-3-5-13(14)20-10-12(9-15(20)21)16(22)19-18(17(23)24)7-8-25-11-18/h3-6,12H,2,7-11H2,1H3,(H,19,22)(H,23,24). The average Bonchev–Trinajstić information content (AvgIpc) is 3.23. The number of carbonyl (C=O) groups is 3. The van der Waals surface area contributed by atoms with Crippen molar-refractivity contribution in [2.75, 3.05) is 31.3 Å².